The molecule has 4 nitrogen and oxygen atoms in total. The maximum atomic E-state index is 10.6. The highest BCUT2D eigenvalue weighted by Crippen LogP contribution is 2.23. The van der Waals surface area contributed by atoms with Gasteiger partial charge >= 0.3 is 0 Å². The van der Waals surface area contributed by atoms with Crippen molar-refractivity contribution in [2.24, 2.45) is 0 Å². The molecular weight excluding hydrogens is 228 g/mol. The van der Waals surface area contributed by atoms with Crippen LogP contribution in [0, 0.1) is 10.1 Å². The van der Waals surface area contributed by atoms with Crippen molar-refractivity contribution in [3.8, 4) is 11.1 Å². The number of halogens is 1. The molecule has 0 unspecified atom stereocenters. The molecule has 0 spiro atoms. The lowest BCUT2D eigenvalue weighted by atomic mass is 10.1. The molecule has 0 saturated heterocycles. The zero-order valence-electron chi connectivity index (χ0n) is 8.13. The lowest BCUT2D eigenvalue weighted by Gasteiger charge is -2.00. The van der Waals surface area contributed by atoms with E-state index in [9.17, 15) is 10.1 Å². The molecule has 0 radical (unpaired) electrons. The van der Waals surface area contributed by atoms with Gasteiger partial charge in [-0.25, -0.2) is 0 Å². The van der Waals surface area contributed by atoms with E-state index in [1.807, 2.05) is 0 Å². The van der Waals surface area contributed by atoms with Crippen molar-refractivity contribution in [2.75, 3.05) is 0 Å². The Labute approximate surface area is 96.7 Å². The van der Waals surface area contributed by atoms with Crippen molar-refractivity contribution >= 4 is 17.3 Å². The van der Waals surface area contributed by atoms with E-state index in [1.54, 1.807) is 30.5 Å². The third kappa shape index (κ3) is 2.17. The number of hydrogen-bond acceptors (Lipinski definition) is 3. The molecule has 0 saturated carbocycles. The molecule has 0 bridgehead atoms. The molecule has 1 aromatic heterocycles. The lowest BCUT2D eigenvalue weighted by Crippen LogP contribution is -1.89. The van der Waals surface area contributed by atoms with Gasteiger partial charge in [-0.1, -0.05) is 23.7 Å². The summed E-state index contributed by atoms with van der Waals surface area (Å²) in [5, 5.41) is 11.2. The second-order valence-corrected chi connectivity index (χ2v) is 3.63. The minimum absolute atomic E-state index is 0.0209. The lowest BCUT2D eigenvalue weighted by molar-refractivity contribution is -0.385. The van der Waals surface area contributed by atoms with Gasteiger partial charge in [0.05, 0.1) is 4.92 Å². The van der Waals surface area contributed by atoms with E-state index < -0.39 is 4.92 Å². The Hall–Kier alpha value is -1.94. The normalized spacial score (nSPS) is 10.1. The Morgan fingerprint density at radius 1 is 1.12 bits per heavy atom. The first-order valence-electron chi connectivity index (χ1n) is 4.52. The van der Waals surface area contributed by atoms with Crippen LogP contribution in [0.1, 0.15) is 0 Å². The number of aromatic nitrogens is 1. The Bertz CT molecular complexity index is 526. The van der Waals surface area contributed by atoms with Crippen molar-refractivity contribution in [1.82, 2.24) is 4.98 Å². The molecule has 0 amide bonds. The molecule has 0 N–H and O–H groups in total. The van der Waals surface area contributed by atoms with E-state index in [4.69, 9.17) is 11.6 Å². The van der Waals surface area contributed by atoms with Gasteiger partial charge in [-0.05, 0) is 17.7 Å². The SMILES string of the molecule is O=[N+]([O-])c1cncc(-c2ccc(Cl)cc2)c1. The molecule has 80 valence electrons. The molecule has 2 aromatic rings. The third-order valence-electron chi connectivity index (χ3n) is 2.11. The minimum Gasteiger partial charge on any atom is -0.258 e. The van der Waals surface area contributed by atoms with Crippen LogP contribution in [0.25, 0.3) is 11.1 Å². The highest BCUT2D eigenvalue weighted by atomic mass is 35.5. The first kappa shape index (κ1) is 10.6. The maximum absolute atomic E-state index is 10.6. The van der Waals surface area contributed by atoms with Crippen molar-refractivity contribution < 1.29 is 4.92 Å². The van der Waals surface area contributed by atoms with E-state index in [-0.39, 0.29) is 5.69 Å². The van der Waals surface area contributed by atoms with Gasteiger partial charge in [-0.3, -0.25) is 15.1 Å². The fourth-order valence-electron chi connectivity index (χ4n) is 1.33. The molecule has 0 aliphatic heterocycles. The molecule has 0 aliphatic rings. The Morgan fingerprint density at radius 2 is 1.81 bits per heavy atom. The van der Waals surface area contributed by atoms with Crippen LogP contribution in [0.3, 0.4) is 0 Å². The predicted molar refractivity (Wildman–Crippen MR) is 61.3 cm³/mol. The van der Waals surface area contributed by atoms with Gasteiger partial charge in [0.25, 0.3) is 5.69 Å². The zero-order chi connectivity index (χ0) is 11.5. The zero-order valence-corrected chi connectivity index (χ0v) is 8.89. The van der Waals surface area contributed by atoms with Crippen LogP contribution in [0.4, 0.5) is 5.69 Å². The number of nitrogens with zero attached hydrogens (tertiary/aromatic N) is 2. The van der Waals surface area contributed by atoms with Crippen LogP contribution in [-0.4, -0.2) is 9.91 Å². The van der Waals surface area contributed by atoms with Gasteiger partial charge < -0.3 is 0 Å². The van der Waals surface area contributed by atoms with Crippen LogP contribution in [0.15, 0.2) is 42.7 Å². The maximum Gasteiger partial charge on any atom is 0.288 e. The standard InChI is InChI=1S/C11H7ClN2O2/c12-10-3-1-8(2-4-10)9-5-11(14(15)16)7-13-6-9/h1-7H. The summed E-state index contributed by atoms with van der Waals surface area (Å²) < 4.78 is 0. The fourth-order valence-corrected chi connectivity index (χ4v) is 1.45. The number of pyridine rings is 1. The smallest absolute Gasteiger partial charge is 0.258 e. The van der Waals surface area contributed by atoms with E-state index in [0.717, 1.165) is 5.56 Å². The monoisotopic (exact) mass is 234 g/mol. The third-order valence-corrected chi connectivity index (χ3v) is 2.36. The minimum atomic E-state index is -0.466. The van der Waals surface area contributed by atoms with Gasteiger partial charge in [-0.15, -0.1) is 0 Å². The van der Waals surface area contributed by atoms with Crippen LogP contribution in [0.5, 0.6) is 0 Å². The Morgan fingerprint density at radius 3 is 2.44 bits per heavy atom. The largest absolute Gasteiger partial charge is 0.288 e. The Kier molecular flexibility index (Phi) is 2.83. The van der Waals surface area contributed by atoms with Crippen molar-refractivity contribution in [2.45, 2.75) is 0 Å². The average Bonchev–Trinajstić information content (AvgIpc) is 2.30. The van der Waals surface area contributed by atoms with E-state index in [2.05, 4.69) is 4.98 Å². The van der Waals surface area contributed by atoms with E-state index in [1.165, 1.54) is 12.3 Å². The number of benzene rings is 1. The molecule has 1 aromatic carbocycles. The highest BCUT2D eigenvalue weighted by Gasteiger charge is 2.07. The summed E-state index contributed by atoms with van der Waals surface area (Å²) in [5.74, 6) is 0. The quantitative estimate of drug-likeness (QED) is 0.592. The van der Waals surface area contributed by atoms with Crippen LogP contribution in [-0.2, 0) is 0 Å². The second-order valence-electron chi connectivity index (χ2n) is 3.20. The van der Waals surface area contributed by atoms with E-state index >= 15 is 0 Å². The van der Waals surface area contributed by atoms with Crippen molar-refractivity contribution in [3.63, 3.8) is 0 Å². The average molecular weight is 235 g/mol. The van der Waals surface area contributed by atoms with E-state index in [0.29, 0.717) is 10.6 Å². The number of hydrogen-bond donors (Lipinski definition) is 0. The molecule has 0 aliphatic carbocycles. The predicted octanol–water partition coefficient (Wildman–Crippen LogP) is 3.31. The molecular formula is C11H7ClN2O2. The van der Waals surface area contributed by atoms with Gasteiger partial charge in [0.15, 0.2) is 0 Å². The first-order chi connectivity index (χ1) is 7.66. The van der Waals surface area contributed by atoms with Gasteiger partial charge in [-0.2, -0.15) is 0 Å². The molecule has 0 atom stereocenters. The molecule has 5 heteroatoms. The molecule has 16 heavy (non-hydrogen) atoms. The topological polar surface area (TPSA) is 56.0 Å². The first-order valence-corrected chi connectivity index (χ1v) is 4.90. The molecule has 1 heterocycles. The summed E-state index contributed by atoms with van der Waals surface area (Å²) in [6, 6.07) is 8.54. The van der Waals surface area contributed by atoms with Crippen molar-refractivity contribution in [1.29, 1.82) is 0 Å². The number of rotatable bonds is 2. The summed E-state index contributed by atoms with van der Waals surface area (Å²) >= 11 is 5.76. The summed E-state index contributed by atoms with van der Waals surface area (Å²) in [7, 11) is 0. The van der Waals surface area contributed by atoms with Gasteiger partial charge in [0.2, 0.25) is 0 Å². The summed E-state index contributed by atoms with van der Waals surface area (Å²) in [5.41, 5.74) is 1.53. The summed E-state index contributed by atoms with van der Waals surface area (Å²) in [6.07, 6.45) is 2.80. The van der Waals surface area contributed by atoms with Gasteiger partial charge in [0, 0.05) is 22.8 Å². The summed E-state index contributed by atoms with van der Waals surface area (Å²) in [4.78, 5) is 13.9. The van der Waals surface area contributed by atoms with Crippen LogP contribution in [0.2, 0.25) is 5.02 Å². The highest BCUT2D eigenvalue weighted by molar-refractivity contribution is 6.30. The molecule has 2 rings (SSSR count). The number of nitro groups is 1. The summed E-state index contributed by atoms with van der Waals surface area (Å²) in [6.45, 7) is 0. The second kappa shape index (κ2) is 4.28. The fraction of sp³-hybridized carbons (Fsp3) is 0. The van der Waals surface area contributed by atoms with Crippen molar-refractivity contribution in [3.05, 3.63) is 57.9 Å². The molecule has 0 fully saturated rings. The van der Waals surface area contributed by atoms with Crippen LogP contribution < -0.4 is 0 Å². The van der Waals surface area contributed by atoms with Gasteiger partial charge in [0.1, 0.15) is 6.20 Å². The Balaban J connectivity index is 2.44. The van der Waals surface area contributed by atoms with Crippen LogP contribution >= 0.6 is 11.6 Å².